The van der Waals surface area contributed by atoms with Crippen LogP contribution in [0.2, 0.25) is 5.02 Å². The molecule has 0 heterocycles. The topological polar surface area (TPSA) is 49.7 Å². The highest BCUT2D eigenvalue weighted by molar-refractivity contribution is 6.59. The van der Waals surface area contributed by atoms with Gasteiger partial charge in [0, 0.05) is 16.0 Å². The van der Waals surface area contributed by atoms with Crippen LogP contribution in [0.3, 0.4) is 0 Å². The van der Waals surface area contributed by atoms with E-state index in [0.29, 0.717) is 16.3 Å². The van der Waals surface area contributed by atoms with Crippen molar-refractivity contribution in [1.29, 1.82) is 0 Å². The Morgan fingerprint density at radius 1 is 1.20 bits per heavy atom. The van der Waals surface area contributed by atoms with Crippen LogP contribution in [0.1, 0.15) is 11.1 Å². The van der Waals surface area contributed by atoms with E-state index in [0.717, 1.165) is 5.56 Å². The molecule has 104 valence electrons. The standard InChI is InChI=1S/C14H13BClFO3/c1-9-2-5-14(12(6-9)15(18)19)20-8-10-7-11(17)3-4-13(10)16/h2-7,18-19H,8H2,1H3. The molecule has 2 aromatic rings. The monoisotopic (exact) mass is 294 g/mol. The van der Waals surface area contributed by atoms with Gasteiger partial charge in [-0.05, 0) is 31.2 Å². The molecule has 2 rings (SSSR count). The number of hydrogen-bond donors (Lipinski definition) is 2. The molecule has 0 radical (unpaired) electrons. The maximum absolute atomic E-state index is 13.1. The fourth-order valence-corrected chi connectivity index (χ4v) is 1.98. The van der Waals surface area contributed by atoms with Gasteiger partial charge in [0.05, 0.1) is 0 Å². The van der Waals surface area contributed by atoms with E-state index in [9.17, 15) is 14.4 Å². The predicted molar refractivity (Wildman–Crippen MR) is 76.7 cm³/mol. The van der Waals surface area contributed by atoms with Crippen molar-refractivity contribution in [3.63, 3.8) is 0 Å². The molecule has 0 amide bonds. The molecule has 0 aliphatic carbocycles. The van der Waals surface area contributed by atoms with Gasteiger partial charge in [-0.3, -0.25) is 0 Å². The molecular weight excluding hydrogens is 281 g/mol. The maximum Gasteiger partial charge on any atom is 0.492 e. The second kappa shape index (κ2) is 6.26. The molecule has 3 nitrogen and oxygen atoms in total. The van der Waals surface area contributed by atoms with Crippen LogP contribution in [-0.2, 0) is 6.61 Å². The highest BCUT2D eigenvalue weighted by atomic mass is 35.5. The molecule has 0 aliphatic heterocycles. The average molecular weight is 295 g/mol. The van der Waals surface area contributed by atoms with Gasteiger partial charge in [-0.1, -0.05) is 29.3 Å². The molecule has 0 saturated carbocycles. The van der Waals surface area contributed by atoms with Crippen LogP contribution in [0.4, 0.5) is 4.39 Å². The van der Waals surface area contributed by atoms with Crippen LogP contribution in [0.15, 0.2) is 36.4 Å². The Morgan fingerprint density at radius 3 is 2.65 bits per heavy atom. The van der Waals surface area contributed by atoms with Crippen LogP contribution in [0.25, 0.3) is 0 Å². The molecular formula is C14H13BClFO3. The maximum atomic E-state index is 13.1. The van der Waals surface area contributed by atoms with E-state index in [1.54, 1.807) is 18.2 Å². The molecule has 0 aliphatic rings. The fourth-order valence-electron chi connectivity index (χ4n) is 1.81. The zero-order valence-electron chi connectivity index (χ0n) is 10.8. The molecule has 2 aromatic carbocycles. The van der Waals surface area contributed by atoms with Crippen molar-refractivity contribution in [1.82, 2.24) is 0 Å². The van der Waals surface area contributed by atoms with Gasteiger partial charge in [-0.15, -0.1) is 0 Å². The minimum atomic E-state index is -1.63. The van der Waals surface area contributed by atoms with Crippen LogP contribution >= 0.6 is 11.6 Å². The van der Waals surface area contributed by atoms with Crippen molar-refractivity contribution in [2.45, 2.75) is 13.5 Å². The molecule has 0 aromatic heterocycles. The Hall–Kier alpha value is -1.56. The molecule has 20 heavy (non-hydrogen) atoms. The smallest absolute Gasteiger partial charge is 0.489 e. The average Bonchev–Trinajstić information content (AvgIpc) is 2.40. The molecule has 0 atom stereocenters. The van der Waals surface area contributed by atoms with Crippen molar-refractivity contribution < 1.29 is 19.2 Å². The largest absolute Gasteiger partial charge is 0.492 e. The first kappa shape index (κ1) is 14.8. The number of aryl methyl sites for hydroxylation is 1. The number of ether oxygens (including phenoxy) is 1. The van der Waals surface area contributed by atoms with Crippen molar-refractivity contribution in [3.05, 3.63) is 58.4 Å². The third-order valence-corrected chi connectivity index (χ3v) is 3.20. The first-order valence-electron chi connectivity index (χ1n) is 6.01. The zero-order valence-corrected chi connectivity index (χ0v) is 11.6. The summed E-state index contributed by atoms with van der Waals surface area (Å²) in [5.41, 5.74) is 1.63. The van der Waals surface area contributed by atoms with Crippen molar-refractivity contribution >= 4 is 24.2 Å². The van der Waals surface area contributed by atoms with E-state index in [4.69, 9.17) is 16.3 Å². The molecule has 0 saturated heterocycles. The Kier molecular flexibility index (Phi) is 4.65. The summed E-state index contributed by atoms with van der Waals surface area (Å²) in [6, 6.07) is 9.04. The Morgan fingerprint density at radius 2 is 1.95 bits per heavy atom. The van der Waals surface area contributed by atoms with E-state index in [-0.39, 0.29) is 12.1 Å². The van der Waals surface area contributed by atoms with Gasteiger partial charge in [-0.25, -0.2) is 4.39 Å². The van der Waals surface area contributed by atoms with Crippen molar-refractivity contribution in [3.8, 4) is 5.75 Å². The summed E-state index contributed by atoms with van der Waals surface area (Å²) >= 11 is 5.94. The Balaban J connectivity index is 2.20. The number of rotatable bonds is 4. The molecule has 0 unspecified atom stereocenters. The van der Waals surface area contributed by atoms with E-state index in [1.807, 2.05) is 6.92 Å². The zero-order chi connectivity index (χ0) is 14.7. The Bertz CT molecular complexity index is 619. The summed E-state index contributed by atoms with van der Waals surface area (Å²) in [6.07, 6.45) is 0. The molecule has 2 N–H and O–H groups in total. The van der Waals surface area contributed by atoms with Gasteiger partial charge in [0.15, 0.2) is 0 Å². The molecule has 6 heteroatoms. The summed E-state index contributed by atoms with van der Waals surface area (Å²) in [5, 5.41) is 19.0. The van der Waals surface area contributed by atoms with Crippen molar-refractivity contribution in [2.24, 2.45) is 0 Å². The number of hydrogen-bond acceptors (Lipinski definition) is 3. The van der Waals surface area contributed by atoms with Crippen LogP contribution in [-0.4, -0.2) is 17.2 Å². The third-order valence-electron chi connectivity index (χ3n) is 2.83. The van der Waals surface area contributed by atoms with Gasteiger partial charge in [0.2, 0.25) is 0 Å². The molecule has 0 fully saturated rings. The van der Waals surface area contributed by atoms with Gasteiger partial charge < -0.3 is 14.8 Å². The lowest BCUT2D eigenvalue weighted by molar-refractivity contribution is 0.306. The number of benzene rings is 2. The minimum absolute atomic E-state index is 0.0410. The normalized spacial score (nSPS) is 10.4. The van der Waals surface area contributed by atoms with E-state index >= 15 is 0 Å². The van der Waals surface area contributed by atoms with Gasteiger partial charge in [0.1, 0.15) is 18.2 Å². The van der Waals surface area contributed by atoms with E-state index in [1.165, 1.54) is 18.2 Å². The predicted octanol–water partition coefficient (Wildman–Crippen LogP) is 2.05. The third kappa shape index (κ3) is 3.51. The first-order valence-corrected chi connectivity index (χ1v) is 6.38. The van der Waals surface area contributed by atoms with E-state index < -0.39 is 12.9 Å². The fraction of sp³-hybridized carbons (Fsp3) is 0.143. The van der Waals surface area contributed by atoms with Crippen LogP contribution in [0.5, 0.6) is 5.75 Å². The summed E-state index contributed by atoms with van der Waals surface area (Å²) in [6.45, 7) is 1.87. The van der Waals surface area contributed by atoms with Gasteiger partial charge >= 0.3 is 7.12 Å². The summed E-state index contributed by atoms with van der Waals surface area (Å²) < 4.78 is 18.6. The van der Waals surface area contributed by atoms with Gasteiger partial charge in [-0.2, -0.15) is 0 Å². The highest BCUT2D eigenvalue weighted by Crippen LogP contribution is 2.19. The summed E-state index contributed by atoms with van der Waals surface area (Å²) in [5.74, 6) is -0.0785. The van der Waals surface area contributed by atoms with Gasteiger partial charge in [0.25, 0.3) is 0 Å². The summed E-state index contributed by atoms with van der Waals surface area (Å²) in [7, 11) is -1.63. The number of halogens is 2. The van der Waals surface area contributed by atoms with Crippen LogP contribution in [0, 0.1) is 12.7 Å². The van der Waals surface area contributed by atoms with Crippen molar-refractivity contribution in [2.75, 3.05) is 0 Å². The lowest BCUT2D eigenvalue weighted by Crippen LogP contribution is -2.31. The van der Waals surface area contributed by atoms with E-state index in [2.05, 4.69) is 0 Å². The molecule has 0 bridgehead atoms. The lowest BCUT2D eigenvalue weighted by Gasteiger charge is -2.12. The Labute approximate surface area is 121 Å². The van der Waals surface area contributed by atoms with Crippen LogP contribution < -0.4 is 10.2 Å². The first-order chi connectivity index (χ1) is 9.47. The second-order valence-electron chi connectivity index (χ2n) is 4.44. The quantitative estimate of drug-likeness (QED) is 0.849. The highest BCUT2D eigenvalue weighted by Gasteiger charge is 2.17. The second-order valence-corrected chi connectivity index (χ2v) is 4.85. The SMILES string of the molecule is Cc1ccc(OCc2cc(F)ccc2Cl)c(B(O)O)c1. The minimum Gasteiger partial charge on any atom is -0.489 e. The summed E-state index contributed by atoms with van der Waals surface area (Å²) in [4.78, 5) is 0. The molecule has 0 spiro atoms. The lowest BCUT2D eigenvalue weighted by atomic mass is 9.79.